The number of aromatic nitrogens is 3. The molecule has 0 saturated heterocycles. The fourth-order valence-electron chi connectivity index (χ4n) is 1.31. The molecule has 88 valence electrons. The van der Waals surface area contributed by atoms with Gasteiger partial charge in [-0.3, -0.25) is 0 Å². The van der Waals surface area contributed by atoms with Gasteiger partial charge in [-0.2, -0.15) is 0 Å². The van der Waals surface area contributed by atoms with Crippen molar-refractivity contribution < 1.29 is 0 Å². The van der Waals surface area contributed by atoms with Crippen LogP contribution in [0.25, 0.3) is 0 Å². The van der Waals surface area contributed by atoms with Crippen molar-refractivity contribution in [3.05, 3.63) is 18.0 Å². The van der Waals surface area contributed by atoms with E-state index in [4.69, 9.17) is 0 Å². The second kappa shape index (κ2) is 5.01. The van der Waals surface area contributed by atoms with E-state index >= 15 is 0 Å². The molecule has 0 aromatic carbocycles. The second-order valence-electron chi connectivity index (χ2n) is 4.28. The van der Waals surface area contributed by atoms with Crippen LogP contribution in [-0.4, -0.2) is 33.1 Å². The average Bonchev–Trinajstić information content (AvgIpc) is 3.04. The molecule has 1 saturated carbocycles. The molecule has 4 nitrogen and oxygen atoms in total. The molecule has 2 rings (SSSR count). The highest BCUT2D eigenvalue weighted by molar-refractivity contribution is 7.99. The zero-order valence-electron chi connectivity index (χ0n) is 9.86. The highest BCUT2D eigenvalue weighted by Crippen LogP contribution is 2.20. The SMILES string of the molecule is C=C(CNC1CC1)CSc1nnc(C)n1C. The van der Waals surface area contributed by atoms with Gasteiger partial charge in [-0.1, -0.05) is 23.9 Å². The third-order valence-electron chi connectivity index (χ3n) is 2.68. The van der Waals surface area contributed by atoms with E-state index in [2.05, 4.69) is 22.1 Å². The highest BCUT2D eigenvalue weighted by Gasteiger charge is 2.20. The summed E-state index contributed by atoms with van der Waals surface area (Å²) in [6.07, 6.45) is 2.64. The Kier molecular flexibility index (Phi) is 3.66. The van der Waals surface area contributed by atoms with Gasteiger partial charge in [-0.05, 0) is 19.8 Å². The molecule has 0 aliphatic heterocycles. The van der Waals surface area contributed by atoms with Crippen molar-refractivity contribution in [3.63, 3.8) is 0 Å². The van der Waals surface area contributed by atoms with E-state index in [1.54, 1.807) is 11.8 Å². The van der Waals surface area contributed by atoms with Crippen LogP contribution >= 0.6 is 11.8 Å². The molecule has 1 aromatic heterocycles. The van der Waals surface area contributed by atoms with Crippen molar-refractivity contribution in [2.75, 3.05) is 12.3 Å². The molecule has 0 unspecified atom stereocenters. The topological polar surface area (TPSA) is 42.7 Å². The van der Waals surface area contributed by atoms with Crippen molar-refractivity contribution in [1.82, 2.24) is 20.1 Å². The summed E-state index contributed by atoms with van der Waals surface area (Å²) in [7, 11) is 1.99. The molecule has 0 atom stereocenters. The predicted molar refractivity (Wildman–Crippen MR) is 66.6 cm³/mol. The van der Waals surface area contributed by atoms with Gasteiger partial charge in [0.15, 0.2) is 5.16 Å². The van der Waals surface area contributed by atoms with Crippen molar-refractivity contribution in [3.8, 4) is 0 Å². The summed E-state index contributed by atoms with van der Waals surface area (Å²) in [5, 5.41) is 12.6. The van der Waals surface area contributed by atoms with Crippen molar-refractivity contribution >= 4 is 11.8 Å². The third-order valence-corrected chi connectivity index (χ3v) is 3.84. The number of aryl methyl sites for hydroxylation is 1. The Hall–Kier alpha value is -0.810. The van der Waals surface area contributed by atoms with E-state index in [9.17, 15) is 0 Å². The van der Waals surface area contributed by atoms with Gasteiger partial charge in [-0.15, -0.1) is 10.2 Å². The van der Waals surface area contributed by atoms with E-state index in [1.807, 2.05) is 18.5 Å². The first-order valence-electron chi connectivity index (χ1n) is 5.55. The maximum absolute atomic E-state index is 4.11. The molecular weight excluding hydrogens is 220 g/mol. The van der Waals surface area contributed by atoms with Crippen LogP contribution in [0, 0.1) is 6.92 Å². The van der Waals surface area contributed by atoms with E-state index in [0.29, 0.717) is 0 Å². The lowest BCUT2D eigenvalue weighted by Gasteiger charge is -2.06. The molecule has 16 heavy (non-hydrogen) atoms. The number of hydrogen-bond donors (Lipinski definition) is 1. The molecule has 1 aliphatic carbocycles. The number of rotatable bonds is 6. The maximum atomic E-state index is 4.11. The minimum absolute atomic E-state index is 0.749. The van der Waals surface area contributed by atoms with Crippen molar-refractivity contribution in [2.24, 2.45) is 7.05 Å². The molecular formula is C11H18N4S. The molecule has 5 heteroatoms. The second-order valence-corrected chi connectivity index (χ2v) is 5.23. The molecule has 0 spiro atoms. The first-order chi connectivity index (χ1) is 7.66. The third kappa shape index (κ3) is 3.09. The lowest BCUT2D eigenvalue weighted by molar-refractivity contribution is 0.734. The van der Waals surface area contributed by atoms with E-state index in [1.165, 1.54) is 18.4 Å². The Morgan fingerprint density at radius 1 is 1.56 bits per heavy atom. The summed E-state index contributed by atoms with van der Waals surface area (Å²) in [5.41, 5.74) is 1.22. The summed E-state index contributed by atoms with van der Waals surface area (Å²) in [6, 6.07) is 0.749. The number of nitrogens with zero attached hydrogens (tertiary/aromatic N) is 3. The van der Waals surface area contributed by atoms with Crippen molar-refractivity contribution in [2.45, 2.75) is 31.0 Å². The van der Waals surface area contributed by atoms with Gasteiger partial charge in [0, 0.05) is 25.4 Å². The highest BCUT2D eigenvalue weighted by atomic mass is 32.2. The Bertz CT molecular complexity index is 381. The molecule has 0 radical (unpaired) electrons. The van der Waals surface area contributed by atoms with Crippen LogP contribution in [0.2, 0.25) is 0 Å². The molecule has 1 aromatic rings. The average molecular weight is 238 g/mol. The van der Waals surface area contributed by atoms with E-state index in [-0.39, 0.29) is 0 Å². The van der Waals surface area contributed by atoms with Crippen LogP contribution in [0.1, 0.15) is 18.7 Å². The van der Waals surface area contributed by atoms with Gasteiger partial charge < -0.3 is 9.88 Å². The van der Waals surface area contributed by atoms with Crippen LogP contribution in [0.4, 0.5) is 0 Å². The number of hydrogen-bond acceptors (Lipinski definition) is 4. The summed E-state index contributed by atoms with van der Waals surface area (Å²) in [4.78, 5) is 0. The molecule has 0 bridgehead atoms. The fraction of sp³-hybridized carbons (Fsp3) is 0.636. The smallest absolute Gasteiger partial charge is 0.191 e. The van der Waals surface area contributed by atoms with Gasteiger partial charge in [0.2, 0.25) is 0 Å². The Balaban J connectivity index is 1.73. The molecule has 1 heterocycles. The zero-order chi connectivity index (χ0) is 11.5. The summed E-state index contributed by atoms with van der Waals surface area (Å²) in [5.74, 6) is 1.86. The van der Waals surface area contributed by atoms with Crippen LogP contribution < -0.4 is 5.32 Å². The zero-order valence-corrected chi connectivity index (χ0v) is 10.7. The Morgan fingerprint density at radius 3 is 2.88 bits per heavy atom. The fourth-order valence-corrected chi connectivity index (χ4v) is 2.17. The Labute approximate surface area is 101 Å². The number of thioether (sulfide) groups is 1. The minimum Gasteiger partial charge on any atom is -0.310 e. The summed E-state index contributed by atoms with van der Waals surface area (Å²) < 4.78 is 2.01. The quantitative estimate of drug-likeness (QED) is 0.603. The molecule has 0 amide bonds. The summed E-state index contributed by atoms with van der Waals surface area (Å²) >= 11 is 1.70. The van der Waals surface area contributed by atoms with Crippen LogP contribution in [0.5, 0.6) is 0 Å². The van der Waals surface area contributed by atoms with Gasteiger partial charge in [-0.25, -0.2) is 0 Å². The number of nitrogens with one attached hydrogen (secondary N) is 1. The predicted octanol–water partition coefficient (Wildman–Crippen LogP) is 1.52. The standard InChI is InChI=1S/C11H18N4S/c1-8(6-12-10-4-5-10)7-16-11-14-13-9(2)15(11)3/h10,12H,1,4-7H2,2-3H3. The maximum Gasteiger partial charge on any atom is 0.191 e. The molecule has 1 fully saturated rings. The first kappa shape index (κ1) is 11.7. The van der Waals surface area contributed by atoms with Gasteiger partial charge in [0.1, 0.15) is 5.82 Å². The molecule has 1 N–H and O–H groups in total. The minimum atomic E-state index is 0.749. The van der Waals surface area contributed by atoms with E-state index < -0.39 is 0 Å². The summed E-state index contributed by atoms with van der Waals surface area (Å²) in [6.45, 7) is 6.95. The van der Waals surface area contributed by atoms with Crippen LogP contribution in [0.3, 0.4) is 0 Å². The normalized spacial score (nSPS) is 15.4. The van der Waals surface area contributed by atoms with Gasteiger partial charge in [0.25, 0.3) is 0 Å². The monoisotopic (exact) mass is 238 g/mol. The van der Waals surface area contributed by atoms with Gasteiger partial charge in [0.05, 0.1) is 0 Å². The van der Waals surface area contributed by atoms with Gasteiger partial charge >= 0.3 is 0 Å². The first-order valence-corrected chi connectivity index (χ1v) is 6.54. The largest absolute Gasteiger partial charge is 0.310 e. The lowest BCUT2D eigenvalue weighted by Crippen LogP contribution is -2.19. The van der Waals surface area contributed by atoms with Crippen LogP contribution in [-0.2, 0) is 7.05 Å². The van der Waals surface area contributed by atoms with E-state index in [0.717, 1.165) is 29.3 Å². The van der Waals surface area contributed by atoms with Crippen molar-refractivity contribution in [1.29, 1.82) is 0 Å². The molecule has 1 aliphatic rings. The lowest BCUT2D eigenvalue weighted by atomic mass is 10.3. The Morgan fingerprint density at radius 2 is 2.31 bits per heavy atom. The van der Waals surface area contributed by atoms with Crippen LogP contribution in [0.15, 0.2) is 17.3 Å².